The molecule has 0 rings (SSSR count). The Balaban J connectivity index is 5.47. The summed E-state index contributed by atoms with van der Waals surface area (Å²) in [6.07, 6.45) is -1.80. The molecule has 18 heteroatoms. The van der Waals surface area contributed by atoms with Gasteiger partial charge in [0.25, 0.3) is 0 Å². The smallest absolute Gasteiger partial charge is 0.328 e. The molecular weight excluding hydrogens is 584 g/mol. The lowest BCUT2D eigenvalue weighted by atomic mass is 10.0. The molecule has 44 heavy (non-hydrogen) atoms. The minimum absolute atomic E-state index is 0.0282. The van der Waals surface area contributed by atoms with E-state index >= 15 is 0 Å². The second-order valence-corrected chi connectivity index (χ2v) is 10.6. The largest absolute Gasteiger partial charge is 0.480 e. The first-order valence-electron chi connectivity index (χ1n) is 14.3. The number of hydrogen-bond donors (Lipinski definition) is 11. The Bertz CT molecular complexity index is 992. The van der Waals surface area contributed by atoms with Crippen LogP contribution in [0.15, 0.2) is 0 Å². The average molecular weight is 633 g/mol. The topological polar surface area (TPSA) is 304 Å². The van der Waals surface area contributed by atoms with E-state index in [-0.39, 0.29) is 25.3 Å². The van der Waals surface area contributed by atoms with Crippen molar-refractivity contribution in [3.63, 3.8) is 0 Å². The van der Waals surface area contributed by atoms with Crippen LogP contribution in [-0.4, -0.2) is 119 Å². The van der Waals surface area contributed by atoms with Crippen LogP contribution in [0.25, 0.3) is 0 Å². The van der Waals surface area contributed by atoms with Crippen molar-refractivity contribution in [3.05, 3.63) is 0 Å². The highest BCUT2D eigenvalue weighted by Gasteiger charge is 2.33. The number of carbonyl (C=O) groups is 7. The molecule has 6 amide bonds. The molecule has 0 unspecified atom stereocenters. The van der Waals surface area contributed by atoms with Gasteiger partial charge in [-0.25, -0.2) is 4.79 Å². The summed E-state index contributed by atoms with van der Waals surface area (Å²) in [6.45, 7) is 4.94. The molecule has 0 aromatic carbocycles. The number of carbonyl (C=O) groups excluding carboxylic acids is 6. The Morgan fingerprint density at radius 2 is 1.16 bits per heavy atom. The molecule has 0 heterocycles. The molecule has 6 atom stereocenters. The first kappa shape index (κ1) is 40.1. The molecule has 18 nitrogen and oxygen atoms in total. The number of hydrogen-bond acceptors (Lipinski definition) is 11. The molecule has 0 aliphatic rings. The van der Waals surface area contributed by atoms with Crippen molar-refractivity contribution in [1.82, 2.24) is 31.9 Å². The van der Waals surface area contributed by atoms with E-state index in [0.717, 1.165) is 6.92 Å². The van der Waals surface area contributed by atoms with Crippen molar-refractivity contribution < 1.29 is 48.9 Å². The van der Waals surface area contributed by atoms with Crippen molar-refractivity contribution >= 4 is 41.4 Å². The summed E-state index contributed by atoms with van der Waals surface area (Å²) in [7, 11) is 0. The fraction of sp³-hybridized carbons (Fsp3) is 0.731. The molecule has 0 aromatic heterocycles. The molecule has 0 aliphatic heterocycles. The average Bonchev–Trinajstić information content (AvgIpc) is 2.94. The molecule has 0 aliphatic carbocycles. The van der Waals surface area contributed by atoms with E-state index in [0.29, 0.717) is 19.4 Å². The van der Waals surface area contributed by atoms with Crippen molar-refractivity contribution in [2.24, 2.45) is 17.4 Å². The van der Waals surface area contributed by atoms with Gasteiger partial charge in [0.15, 0.2) is 6.04 Å². The molecule has 0 saturated heterocycles. The van der Waals surface area contributed by atoms with E-state index in [1.165, 1.54) is 6.92 Å². The molecule has 13 N–H and O–H groups in total. The second-order valence-electron chi connectivity index (χ2n) is 10.6. The van der Waals surface area contributed by atoms with Crippen LogP contribution in [0.1, 0.15) is 53.4 Å². The third-order valence-corrected chi connectivity index (χ3v) is 6.12. The van der Waals surface area contributed by atoms with Crippen molar-refractivity contribution in [2.75, 3.05) is 26.2 Å². The van der Waals surface area contributed by atoms with Gasteiger partial charge in [0.2, 0.25) is 35.4 Å². The van der Waals surface area contributed by atoms with Gasteiger partial charge in [-0.3, -0.25) is 28.8 Å². The number of nitrogens with one attached hydrogen (secondary N) is 6. The normalized spacial score (nSPS) is 15.0. The number of aliphatic carboxylic acids is 1. The van der Waals surface area contributed by atoms with Crippen molar-refractivity contribution in [2.45, 2.75) is 89.8 Å². The fourth-order valence-corrected chi connectivity index (χ4v) is 3.79. The van der Waals surface area contributed by atoms with Gasteiger partial charge >= 0.3 is 5.97 Å². The highest BCUT2D eigenvalue weighted by Crippen LogP contribution is 2.06. The number of unbranched alkanes of at least 4 members (excludes halogenated alkanes) is 1. The minimum atomic E-state index is -1.71. The SMILES string of the molecule is CC(C)C[C@H](NC(=O)CNC(=O)CN)C(=O)NCC(=O)N[C@@H](CCCCN)C(=O)N[C@H](C(=O)N[C@H](C(=O)O)[C@@H](C)O)[C@@H](C)O. The van der Waals surface area contributed by atoms with Crippen LogP contribution < -0.4 is 43.4 Å². The van der Waals surface area contributed by atoms with E-state index in [2.05, 4.69) is 31.9 Å². The van der Waals surface area contributed by atoms with Gasteiger partial charge < -0.3 is 58.7 Å². The lowest BCUT2D eigenvalue weighted by Gasteiger charge is -2.26. The Kier molecular flexibility index (Phi) is 19.1. The van der Waals surface area contributed by atoms with Crippen LogP contribution in [0, 0.1) is 5.92 Å². The Hall–Kier alpha value is -3.87. The zero-order valence-corrected chi connectivity index (χ0v) is 25.6. The third kappa shape index (κ3) is 16.1. The Labute approximate surface area is 255 Å². The summed E-state index contributed by atoms with van der Waals surface area (Å²) >= 11 is 0. The summed E-state index contributed by atoms with van der Waals surface area (Å²) in [5.41, 5.74) is 10.7. The van der Waals surface area contributed by atoms with Gasteiger partial charge in [-0.2, -0.15) is 0 Å². The summed E-state index contributed by atoms with van der Waals surface area (Å²) in [4.78, 5) is 86.1. The summed E-state index contributed by atoms with van der Waals surface area (Å²) in [5, 5.41) is 42.9. The lowest BCUT2D eigenvalue weighted by molar-refractivity contribution is -0.146. The number of rotatable bonds is 21. The van der Waals surface area contributed by atoms with Crippen LogP contribution in [0.3, 0.4) is 0 Å². The molecule has 0 spiro atoms. The maximum Gasteiger partial charge on any atom is 0.328 e. The van der Waals surface area contributed by atoms with Crippen LogP contribution in [0.2, 0.25) is 0 Å². The maximum atomic E-state index is 13.1. The predicted molar refractivity (Wildman–Crippen MR) is 156 cm³/mol. The van der Waals surface area contributed by atoms with Gasteiger partial charge in [0.05, 0.1) is 31.8 Å². The summed E-state index contributed by atoms with van der Waals surface area (Å²) in [6, 6.07) is -5.61. The number of nitrogens with two attached hydrogens (primary N) is 2. The van der Waals surface area contributed by atoms with Crippen LogP contribution in [0.4, 0.5) is 0 Å². The fourth-order valence-electron chi connectivity index (χ4n) is 3.79. The van der Waals surface area contributed by atoms with E-state index in [9.17, 15) is 48.9 Å². The van der Waals surface area contributed by atoms with E-state index in [1.807, 2.05) is 13.8 Å². The molecule has 0 bridgehead atoms. The van der Waals surface area contributed by atoms with Gasteiger partial charge in [0, 0.05) is 0 Å². The summed E-state index contributed by atoms with van der Waals surface area (Å²) in [5.74, 6) is -6.20. The minimum Gasteiger partial charge on any atom is -0.480 e. The Morgan fingerprint density at radius 1 is 0.636 bits per heavy atom. The number of amides is 6. The number of aliphatic hydroxyl groups is 2. The zero-order valence-electron chi connectivity index (χ0n) is 25.6. The Morgan fingerprint density at radius 3 is 1.64 bits per heavy atom. The van der Waals surface area contributed by atoms with Crippen LogP contribution >= 0.6 is 0 Å². The highest BCUT2D eigenvalue weighted by molar-refractivity contribution is 5.95. The van der Waals surface area contributed by atoms with Crippen LogP contribution in [-0.2, 0) is 33.6 Å². The van der Waals surface area contributed by atoms with Crippen molar-refractivity contribution in [3.8, 4) is 0 Å². The molecular formula is C26H48N8O10. The zero-order chi connectivity index (χ0) is 34.0. The third-order valence-electron chi connectivity index (χ3n) is 6.12. The van der Waals surface area contributed by atoms with Gasteiger partial charge in [-0.1, -0.05) is 13.8 Å². The van der Waals surface area contributed by atoms with Gasteiger partial charge in [-0.15, -0.1) is 0 Å². The number of carboxylic acids is 1. The number of aliphatic hydroxyl groups excluding tert-OH is 2. The first-order chi connectivity index (χ1) is 20.5. The van der Waals surface area contributed by atoms with Gasteiger partial charge in [0.1, 0.15) is 18.1 Å². The molecule has 0 fully saturated rings. The predicted octanol–water partition coefficient (Wildman–Crippen LogP) is -4.86. The van der Waals surface area contributed by atoms with Crippen molar-refractivity contribution in [1.29, 1.82) is 0 Å². The van der Waals surface area contributed by atoms with Crippen LogP contribution in [0.5, 0.6) is 0 Å². The maximum absolute atomic E-state index is 13.1. The quantitative estimate of drug-likeness (QED) is 0.0531. The lowest BCUT2D eigenvalue weighted by Crippen LogP contribution is -2.60. The standard InChI is InChI=1S/C26H48N8O10/c1-13(2)9-17(32-19(38)11-29-18(37)10-28)23(40)30-12-20(39)31-16(7-5-6-8-27)24(41)33-21(14(3)35)25(42)34-22(15(4)36)26(43)44/h13-17,21-22,35-36H,5-12,27-28H2,1-4H3,(H,29,37)(H,30,40)(H,31,39)(H,32,38)(H,33,41)(H,34,42)(H,43,44)/t14-,15-,16+,17+,21+,22+/m1/s1. The molecule has 0 radical (unpaired) electrons. The molecule has 0 aromatic rings. The van der Waals surface area contributed by atoms with E-state index in [4.69, 9.17) is 11.5 Å². The van der Waals surface area contributed by atoms with E-state index < -0.39 is 90.9 Å². The van der Waals surface area contributed by atoms with E-state index in [1.54, 1.807) is 0 Å². The van der Waals surface area contributed by atoms with Gasteiger partial charge in [-0.05, 0) is 52.0 Å². The number of carboxylic acid groups (broad SMARTS) is 1. The monoisotopic (exact) mass is 632 g/mol. The summed E-state index contributed by atoms with van der Waals surface area (Å²) < 4.78 is 0. The first-order valence-corrected chi connectivity index (χ1v) is 14.3. The molecule has 0 saturated carbocycles. The highest BCUT2D eigenvalue weighted by atomic mass is 16.4. The second kappa shape index (κ2) is 20.9. The molecule has 252 valence electrons.